The Bertz CT molecular complexity index is 296. The molecular weight excluding hydrogens is 220 g/mol. The minimum Gasteiger partial charge on any atom is -0.481 e. The Kier molecular flexibility index (Phi) is 5.13. The summed E-state index contributed by atoms with van der Waals surface area (Å²) in [5, 5.41) is 11.9. The molecule has 2 N–H and O–H groups in total. The van der Waals surface area contributed by atoms with Crippen molar-refractivity contribution in [1.29, 1.82) is 0 Å². The molecule has 0 spiro atoms. The van der Waals surface area contributed by atoms with Gasteiger partial charge < -0.3 is 15.3 Å². The predicted octanol–water partition coefficient (Wildman–Crippen LogP) is 0.944. The van der Waals surface area contributed by atoms with Crippen molar-refractivity contribution in [2.24, 2.45) is 5.41 Å². The predicted molar refractivity (Wildman–Crippen MR) is 66.8 cm³/mol. The number of carboxylic acid groups (broad SMARTS) is 1. The number of hydrogen-bond donors (Lipinski definition) is 2. The molecule has 5 heteroatoms. The van der Waals surface area contributed by atoms with Crippen molar-refractivity contribution in [3.63, 3.8) is 0 Å². The Labute approximate surface area is 103 Å². The molecule has 0 atom stereocenters. The SMILES string of the molecule is CN(C)CCC(=O)NC(C)(C)C(C)(C)C(=O)O. The third kappa shape index (κ3) is 4.34. The smallest absolute Gasteiger partial charge is 0.311 e. The fourth-order valence-electron chi connectivity index (χ4n) is 1.16. The van der Waals surface area contributed by atoms with Gasteiger partial charge in [0.1, 0.15) is 0 Å². The van der Waals surface area contributed by atoms with Crippen LogP contribution in [0.25, 0.3) is 0 Å². The molecule has 0 aliphatic rings. The molecule has 0 unspecified atom stereocenters. The maximum Gasteiger partial charge on any atom is 0.311 e. The molecule has 0 heterocycles. The van der Waals surface area contributed by atoms with Crippen molar-refractivity contribution in [3.8, 4) is 0 Å². The summed E-state index contributed by atoms with van der Waals surface area (Å²) in [5.41, 5.74) is -1.80. The number of rotatable bonds is 6. The summed E-state index contributed by atoms with van der Waals surface area (Å²) in [7, 11) is 3.78. The van der Waals surface area contributed by atoms with Gasteiger partial charge in [-0.1, -0.05) is 0 Å². The van der Waals surface area contributed by atoms with E-state index in [4.69, 9.17) is 5.11 Å². The third-order valence-electron chi connectivity index (χ3n) is 3.34. The molecule has 0 aromatic carbocycles. The van der Waals surface area contributed by atoms with Crippen LogP contribution in [0.5, 0.6) is 0 Å². The normalized spacial score (nSPS) is 12.6. The lowest BCUT2D eigenvalue weighted by molar-refractivity contribution is -0.151. The van der Waals surface area contributed by atoms with Gasteiger partial charge in [0.25, 0.3) is 0 Å². The van der Waals surface area contributed by atoms with Crippen LogP contribution in [0.1, 0.15) is 34.1 Å². The number of amides is 1. The summed E-state index contributed by atoms with van der Waals surface area (Å²) in [4.78, 5) is 24.8. The second-order valence-electron chi connectivity index (χ2n) is 5.66. The average molecular weight is 244 g/mol. The van der Waals surface area contributed by atoms with Gasteiger partial charge >= 0.3 is 5.97 Å². The van der Waals surface area contributed by atoms with Crippen molar-refractivity contribution in [2.75, 3.05) is 20.6 Å². The van der Waals surface area contributed by atoms with Crippen LogP contribution < -0.4 is 5.32 Å². The molecule has 100 valence electrons. The van der Waals surface area contributed by atoms with E-state index in [0.717, 1.165) is 0 Å². The van der Waals surface area contributed by atoms with Crippen molar-refractivity contribution in [1.82, 2.24) is 10.2 Å². The van der Waals surface area contributed by atoms with E-state index in [-0.39, 0.29) is 5.91 Å². The fourth-order valence-corrected chi connectivity index (χ4v) is 1.16. The van der Waals surface area contributed by atoms with Crippen molar-refractivity contribution >= 4 is 11.9 Å². The zero-order chi connectivity index (χ0) is 13.9. The van der Waals surface area contributed by atoms with E-state index in [1.807, 2.05) is 19.0 Å². The quantitative estimate of drug-likeness (QED) is 0.729. The molecule has 1 amide bonds. The van der Waals surface area contributed by atoms with Gasteiger partial charge in [-0.05, 0) is 41.8 Å². The van der Waals surface area contributed by atoms with Crippen molar-refractivity contribution < 1.29 is 14.7 Å². The van der Waals surface area contributed by atoms with E-state index >= 15 is 0 Å². The molecular formula is C12H24N2O3. The molecule has 5 nitrogen and oxygen atoms in total. The Hall–Kier alpha value is -1.10. The Balaban J connectivity index is 4.54. The summed E-state index contributed by atoms with van der Waals surface area (Å²) < 4.78 is 0. The largest absolute Gasteiger partial charge is 0.481 e. The summed E-state index contributed by atoms with van der Waals surface area (Å²) in [5.74, 6) is -1.05. The monoisotopic (exact) mass is 244 g/mol. The number of aliphatic carboxylic acids is 1. The zero-order valence-electron chi connectivity index (χ0n) is 11.6. The van der Waals surface area contributed by atoms with Crippen LogP contribution in [0.2, 0.25) is 0 Å². The number of carbonyl (C=O) groups excluding carboxylic acids is 1. The van der Waals surface area contributed by atoms with E-state index in [2.05, 4.69) is 5.32 Å². The maximum atomic E-state index is 11.7. The summed E-state index contributed by atoms with van der Waals surface area (Å²) >= 11 is 0. The minimum atomic E-state index is -1.01. The van der Waals surface area contributed by atoms with E-state index in [1.165, 1.54) is 0 Å². The Morgan fingerprint density at radius 3 is 2.00 bits per heavy atom. The fraction of sp³-hybridized carbons (Fsp3) is 0.833. The highest BCUT2D eigenvalue weighted by Gasteiger charge is 2.44. The summed E-state index contributed by atoms with van der Waals surface area (Å²) in [6.45, 7) is 7.34. The molecule has 0 aromatic rings. The molecule has 0 aromatic heterocycles. The molecule has 0 bridgehead atoms. The number of nitrogens with zero attached hydrogens (tertiary/aromatic N) is 1. The first-order valence-corrected chi connectivity index (χ1v) is 5.70. The van der Waals surface area contributed by atoms with E-state index in [9.17, 15) is 9.59 Å². The van der Waals surface area contributed by atoms with E-state index in [1.54, 1.807) is 27.7 Å². The molecule has 0 aliphatic carbocycles. The van der Waals surface area contributed by atoms with Crippen LogP contribution in [0.15, 0.2) is 0 Å². The molecule has 0 radical (unpaired) electrons. The standard InChI is InChI=1S/C12H24N2O3/c1-11(2,10(16)17)12(3,4)13-9(15)7-8-14(5)6/h7-8H2,1-6H3,(H,13,15)(H,16,17). The van der Waals surface area contributed by atoms with Gasteiger partial charge in [-0.25, -0.2) is 0 Å². The van der Waals surface area contributed by atoms with Gasteiger partial charge in [0.05, 0.1) is 5.41 Å². The lowest BCUT2D eigenvalue weighted by Crippen LogP contribution is -2.57. The van der Waals surface area contributed by atoms with Gasteiger partial charge in [-0.2, -0.15) is 0 Å². The van der Waals surface area contributed by atoms with Gasteiger partial charge in [-0.15, -0.1) is 0 Å². The summed E-state index contributed by atoms with van der Waals surface area (Å²) in [6.07, 6.45) is 0.367. The third-order valence-corrected chi connectivity index (χ3v) is 3.34. The first-order chi connectivity index (χ1) is 7.50. The Morgan fingerprint density at radius 1 is 1.18 bits per heavy atom. The van der Waals surface area contributed by atoms with Crippen LogP contribution in [-0.4, -0.2) is 48.1 Å². The number of hydrogen-bond acceptors (Lipinski definition) is 3. The lowest BCUT2D eigenvalue weighted by atomic mass is 9.74. The molecule has 0 aliphatic heterocycles. The second-order valence-corrected chi connectivity index (χ2v) is 5.66. The van der Waals surface area contributed by atoms with Crippen LogP contribution in [-0.2, 0) is 9.59 Å². The van der Waals surface area contributed by atoms with Crippen LogP contribution in [0.4, 0.5) is 0 Å². The zero-order valence-corrected chi connectivity index (χ0v) is 11.6. The minimum absolute atomic E-state index is 0.127. The van der Waals surface area contributed by atoms with Gasteiger partial charge in [0.2, 0.25) is 5.91 Å². The van der Waals surface area contributed by atoms with Crippen LogP contribution in [0.3, 0.4) is 0 Å². The van der Waals surface area contributed by atoms with E-state index < -0.39 is 16.9 Å². The number of carboxylic acids is 1. The lowest BCUT2D eigenvalue weighted by Gasteiger charge is -2.38. The number of nitrogens with one attached hydrogen (secondary N) is 1. The highest BCUT2D eigenvalue weighted by molar-refractivity contribution is 5.80. The highest BCUT2D eigenvalue weighted by Crippen LogP contribution is 2.30. The highest BCUT2D eigenvalue weighted by atomic mass is 16.4. The average Bonchev–Trinajstić information content (AvgIpc) is 2.13. The van der Waals surface area contributed by atoms with Crippen LogP contribution >= 0.6 is 0 Å². The molecule has 0 rings (SSSR count). The molecule has 0 saturated heterocycles. The van der Waals surface area contributed by atoms with Crippen molar-refractivity contribution in [2.45, 2.75) is 39.7 Å². The van der Waals surface area contributed by atoms with Crippen molar-refractivity contribution in [3.05, 3.63) is 0 Å². The van der Waals surface area contributed by atoms with Crippen LogP contribution in [0, 0.1) is 5.41 Å². The number of carbonyl (C=O) groups is 2. The van der Waals surface area contributed by atoms with E-state index in [0.29, 0.717) is 13.0 Å². The van der Waals surface area contributed by atoms with Gasteiger partial charge in [-0.3, -0.25) is 9.59 Å². The first-order valence-electron chi connectivity index (χ1n) is 5.70. The van der Waals surface area contributed by atoms with Gasteiger partial charge in [0, 0.05) is 18.5 Å². The topological polar surface area (TPSA) is 69.6 Å². The maximum absolute atomic E-state index is 11.7. The summed E-state index contributed by atoms with van der Waals surface area (Å²) in [6, 6.07) is 0. The first kappa shape index (κ1) is 15.9. The Morgan fingerprint density at radius 2 is 1.65 bits per heavy atom. The van der Waals surface area contributed by atoms with Gasteiger partial charge in [0.15, 0.2) is 0 Å². The molecule has 17 heavy (non-hydrogen) atoms. The molecule has 0 saturated carbocycles. The molecule has 0 fully saturated rings. The second kappa shape index (κ2) is 5.49.